The second kappa shape index (κ2) is 10.1. The van der Waals surface area contributed by atoms with Gasteiger partial charge in [-0.05, 0) is 24.9 Å². The Morgan fingerprint density at radius 3 is 2.65 bits per heavy atom. The van der Waals surface area contributed by atoms with E-state index >= 15 is 0 Å². The molecule has 0 radical (unpaired) electrons. The minimum absolute atomic E-state index is 0.0444. The van der Waals surface area contributed by atoms with Gasteiger partial charge in [0.1, 0.15) is 6.61 Å². The van der Waals surface area contributed by atoms with E-state index in [0.717, 1.165) is 31.1 Å². The van der Waals surface area contributed by atoms with Crippen molar-refractivity contribution in [2.45, 2.75) is 44.0 Å². The van der Waals surface area contributed by atoms with Crippen molar-refractivity contribution in [3.05, 3.63) is 5.82 Å². The summed E-state index contributed by atoms with van der Waals surface area (Å²) in [6, 6.07) is 0. The normalized spacial score (nSPS) is 10.9. The van der Waals surface area contributed by atoms with Gasteiger partial charge in [-0.2, -0.15) is 11.8 Å². The lowest BCUT2D eigenvalue weighted by Crippen LogP contribution is -2.07. The van der Waals surface area contributed by atoms with Crippen LogP contribution in [-0.4, -0.2) is 48.7 Å². The van der Waals surface area contributed by atoms with Crippen molar-refractivity contribution in [1.82, 2.24) is 14.8 Å². The highest BCUT2D eigenvalue weighted by atomic mass is 32.2. The molecule has 0 saturated carbocycles. The lowest BCUT2D eigenvalue weighted by Gasteiger charge is -2.08. The van der Waals surface area contributed by atoms with E-state index in [-0.39, 0.29) is 12.4 Å². The maximum absolute atomic E-state index is 10.6. The number of nitrogens with zero attached hydrogens (tertiary/aromatic N) is 3. The molecule has 1 aromatic heterocycles. The van der Waals surface area contributed by atoms with E-state index in [1.165, 1.54) is 18.6 Å². The van der Waals surface area contributed by atoms with Crippen molar-refractivity contribution < 1.29 is 15.0 Å². The molecule has 6 nitrogen and oxygen atoms in total. The highest BCUT2D eigenvalue weighted by Gasteiger charge is 2.12. The van der Waals surface area contributed by atoms with E-state index in [2.05, 4.69) is 16.5 Å². The van der Waals surface area contributed by atoms with Gasteiger partial charge >= 0.3 is 5.97 Å². The molecule has 0 spiro atoms. The third kappa shape index (κ3) is 6.15. The summed E-state index contributed by atoms with van der Waals surface area (Å²) in [5.74, 6) is 0.764. The molecule has 20 heavy (non-hydrogen) atoms. The lowest BCUT2D eigenvalue weighted by atomic mass is 10.2. The van der Waals surface area contributed by atoms with E-state index in [9.17, 15) is 9.90 Å². The maximum atomic E-state index is 10.6. The topological polar surface area (TPSA) is 88.2 Å². The van der Waals surface area contributed by atoms with E-state index in [4.69, 9.17) is 5.11 Å². The van der Waals surface area contributed by atoms with Gasteiger partial charge in [0, 0.05) is 6.54 Å². The zero-order valence-electron chi connectivity index (χ0n) is 11.6. The summed E-state index contributed by atoms with van der Waals surface area (Å²) < 4.78 is 1.82. The first kappa shape index (κ1) is 17.3. The second-order valence-electron chi connectivity index (χ2n) is 4.30. The van der Waals surface area contributed by atoms with Gasteiger partial charge in [0.25, 0.3) is 0 Å². The molecule has 8 heteroatoms. The van der Waals surface area contributed by atoms with Gasteiger partial charge in [-0.3, -0.25) is 4.79 Å². The fourth-order valence-corrected chi connectivity index (χ4v) is 2.96. The van der Waals surface area contributed by atoms with E-state index < -0.39 is 5.97 Å². The number of hydrogen-bond acceptors (Lipinski definition) is 6. The first-order valence-corrected chi connectivity index (χ1v) is 8.93. The molecule has 0 unspecified atom stereocenters. The summed E-state index contributed by atoms with van der Waals surface area (Å²) in [5, 5.41) is 26.3. The summed E-state index contributed by atoms with van der Waals surface area (Å²) in [6.07, 6.45) is 6.62. The smallest absolute Gasteiger partial charge is 0.313 e. The Morgan fingerprint density at radius 2 is 2.00 bits per heavy atom. The van der Waals surface area contributed by atoms with Crippen LogP contribution in [0.1, 0.15) is 31.5 Å². The molecule has 0 atom stereocenters. The van der Waals surface area contributed by atoms with Crippen LogP contribution in [0.3, 0.4) is 0 Å². The van der Waals surface area contributed by atoms with E-state index in [0.29, 0.717) is 11.0 Å². The molecule has 1 rings (SSSR count). The summed E-state index contributed by atoms with van der Waals surface area (Å²) in [4.78, 5) is 10.6. The molecular formula is C12H21N3O3S2. The zero-order chi connectivity index (χ0) is 14.8. The molecule has 0 fully saturated rings. The Hall–Kier alpha value is -0.730. The van der Waals surface area contributed by atoms with Crippen molar-refractivity contribution in [2.24, 2.45) is 0 Å². The molecule has 2 N–H and O–H groups in total. The van der Waals surface area contributed by atoms with E-state index in [1.54, 1.807) is 0 Å². The largest absolute Gasteiger partial charge is 0.481 e. The molecule has 0 bridgehead atoms. The highest BCUT2D eigenvalue weighted by molar-refractivity contribution is 7.99. The molecule has 0 aliphatic carbocycles. The number of carboxylic acid groups (broad SMARTS) is 1. The number of rotatable bonds is 11. The average molecular weight is 319 g/mol. The fourth-order valence-electron chi connectivity index (χ4n) is 1.76. The Kier molecular flexibility index (Phi) is 8.72. The molecule has 1 heterocycles. The third-order valence-electron chi connectivity index (χ3n) is 2.74. The van der Waals surface area contributed by atoms with Crippen molar-refractivity contribution in [2.75, 3.05) is 17.8 Å². The number of aliphatic hydroxyl groups excluding tert-OH is 1. The van der Waals surface area contributed by atoms with Gasteiger partial charge < -0.3 is 14.8 Å². The zero-order valence-corrected chi connectivity index (χ0v) is 13.3. The monoisotopic (exact) mass is 319 g/mol. The van der Waals surface area contributed by atoms with Gasteiger partial charge in [0.2, 0.25) is 0 Å². The van der Waals surface area contributed by atoms with Crippen molar-refractivity contribution in [3.8, 4) is 0 Å². The van der Waals surface area contributed by atoms with Crippen LogP contribution in [0, 0.1) is 0 Å². The van der Waals surface area contributed by atoms with E-state index in [1.807, 2.05) is 16.3 Å². The number of unbranched alkanes of at least 4 members (excludes halogenated alkanes) is 3. The third-order valence-corrected chi connectivity index (χ3v) is 4.39. The number of carboxylic acids is 1. The van der Waals surface area contributed by atoms with Crippen LogP contribution >= 0.6 is 23.5 Å². The van der Waals surface area contributed by atoms with Gasteiger partial charge in [-0.25, -0.2) is 0 Å². The molecule has 114 valence electrons. The highest BCUT2D eigenvalue weighted by Crippen LogP contribution is 2.18. The first-order valence-electron chi connectivity index (χ1n) is 6.55. The number of carbonyl (C=O) groups is 1. The standard InChI is InChI=1S/C12H21N3O3S2/c1-19-7-5-3-2-4-6-15-10(8-16)13-14-12(15)20-9-11(17)18/h16H,2-9H2,1H3,(H,17,18). The maximum Gasteiger partial charge on any atom is 0.313 e. The molecule has 0 saturated heterocycles. The molecule has 0 aliphatic rings. The predicted molar refractivity (Wildman–Crippen MR) is 81.2 cm³/mol. The minimum Gasteiger partial charge on any atom is -0.481 e. The van der Waals surface area contributed by atoms with Gasteiger partial charge in [0.05, 0.1) is 5.75 Å². The number of hydrogen-bond donors (Lipinski definition) is 2. The van der Waals surface area contributed by atoms with Crippen LogP contribution in [-0.2, 0) is 17.9 Å². The van der Waals surface area contributed by atoms with Crippen LogP contribution in [0.2, 0.25) is 0 Å². The summed E-state index contributed by atoms with van der Waals surface area (Å²) >= 11 is 3.00. The SMILES string of the molecule is CSCCCCCCn1c(CO)nnc1SCC(=O)O. The van der Waals surface area contributed by atoms with Gasteiger partial charge in [-0.15, -0.1) is 10.2 Å². The Labute approximate surface area is 127 Å². The molecular weight excluding hydrogens is 298 g/mol. The summed E-state index contributed by atoms with van der Waals surface area (Å²) in [6.45, 7) is 0.553. The van der Waals surface area contributed by atoms with Crippen LogP contribution in [0.5, 0.6) is 0 Å². The van der Waals surface area contributed by atoms with Crippen molar-refractivity contribution in [3.63, 3.8) is 0 Å². The van der Waals surface area contributed by atoms with Crippen molar-refractivity contribution >= 4 is 29.5 Å². The number of thioether (sulfide) groups is 2. The molecule has 1 aromatic rings. The first-order chi connectivity index (χ1) is 9.69. The number of aromatic nitrogens is 3. The fraction of sp³-hybridized carbons (Fsp3) is 0.750. The predicted octanol–water partition coefficient (Wildman–Crippen LogP) is 1.87. The average Bonchev–Trinajstić information content (AvgIpc) is 2.82. The lowest BCUT2D eigenvalue weighted by molar-refractivity contribution is -0.133. The second-order valence-corrected chi connectivity index (χ2v) is 6.23. The van der Waals surface area contributed by atoms with Crippen LogP contribution < -0.4 is 0 Å². The minimum atomic E-state index is -0.882. The van der Waals surface area contributed by atoms with Crippen molar-refractivity contribution in [1.29, 1.82) is 0 Å². The molecule has 0 amide bonds. The van der Waals surface area contributed by atoms with Gasteiger partial charge in [-0.1, -0.05) is 24.6 Å². The quantitative estimate of drug-likeness (QED) is 0.475. The number of aliphatic hydroxyl groups is 1. The van der Waals surface area contributed by atoms with Crippen LogP contribution in [0.25, 0.3) is 0 Å². The van der Waals surface area contributed by atoms with Crippen LogP contribution in [0.15, 0.2) is 5.16 Å². The summed E-state index contributed by atoms with van der Waals surface area (Å²) in [7, 11) is 0. The molecule has 0 aromatic carbocycles. The van der Waals surface area contributed by atoms with Crippen LogP contribution in [0.4, 0.5) is 0 Å². The molecule has 0 aliphatic heterocycles. The Bertz CT molecular complexity index is 413. The number of aliphatic carboxylic acids is 1. The summed E-state index contributed by atoms with van der Waals surface area (Å²) in [5.41, 5.74) is 0. The van der Waals surface area contributed by atoms with Gasteiger partial charge in [0.15, 0.2) is 11.0 Å². The Morgan fingerprint density at radius 1 is 1.25 bits per heavy atom. The Balaban J connectivity index is 2.44.